The van der Waals surface area contributed by atoms with Gasteiger partial charge in [-0.2, -0.15) is 0 Å². The second-order valence-corrected chi connectivity index (χ2v) is 8.67. The zero-order chi connectivity index (χ0) is 25.6. The monoisotopic (exact) mass is 498 g/mol. The van der Waals surface area contributed by atoms with E-state index in [2.05, 4.69) is 9.80 Å². The Kier molecular flexibility index (Phi) is 11.5. The van der Waals surface area contributed by atoms with Gasteiger partial charge in [0.2, 0.25) is 0 Å². The van der Waals surface area contributed by atoms with Crippen molar-refractivity contribution in [1.29, 1.82) is 0 Å². The van der Waals surface area contributed by atoms with Crippen molar-refractivity contribution in [2.24, 2.45) is 0 Å². The van der Waals surface area contributed by atoms with Gasteiger partial charge in [-0.25, -0.2) is 9.59 Å². The molecule has 36 heavy (non-hydrogen) atoms. The van der Waals surface area contributed by atoms with Gasteiger partial charge in [-0.15, -0.1) is 0 Å². The molecular formula is C28H38N2O6. The van der Waals surface area contributed by atoms with Crippen LogP contribution in [0.2, 0.25) is 0 Å². The third-order valence-corrected chi connectivity index (χ3v) is 6.08. The summed E-state index contributed by atoms with van der Waals surface area (Å²) in [5.41, 5.74) is 0. The Morgan fingerprint density at radius 3 is 1.36 bits per heavy atom. The molecule has 196 valence electrons. The summed E-state index contributed by atoms with van der Waals surface area (Å²) in [5.74, 6) is 0.668. The zero-order valence-corrected chi connectivity index (χ0v) is 21.3. The van der Waals surface area contributed by atoms with Crippen LogP contribution in [0.1, 0.15) is 26.7 Å². The van der Waals surface area contributed by atoms with Crippen LogP contribution in [0.25, 0.3) is 0 Å². The maximum atomic E-state index is 12.4. The molecule has 3 rings (SSSR count). The van der Waals surface area contributed by atoms with Crippen LogP contribution in [-0.2, 0) is 19.1 Å². The van der Waals surface area contributed by atoms with Crippen LogP contribution in [0.4, 0.5) is 0 Å². The molecule has 1 heterocycles. The van der Waals surface area contributed by atoms with Crippen molar-refractivity contribution in [1.82, 2.24) is 9.80 Å². The summed E-state index contributed by atoms with van der Waals surface area (Å²) in [4.78, 5) is 29.3. The van der Waals surface area contributed by atoms with Gasteiger partial charge in [-0.05, 0) is 37.1 Å². The minimum atomic E-state index is -0.600. The molecule has 0 spiro atoms. The number of hydrogen-bond acceptors (Lipinski definition) is 8. The van der Waals surface area contributed by atoms with E-state index >= 15 is 0 Å². The van der Waals surface area contributed by atoms with E-state index in [1.807, 2.05) is 74.5 Å². The summed E-state index contributed by atoms with van der Waals surface area (Å²) >= 11 is 0. The standard InChI is InChI=1S/C28H38N2O6/c1-3-25(35-23-11-7-5-8-12-23)27(31)33-21-19-29-15-17-30(18-16-29)20-22-34-28(32)26(4-2)36-24-13-9-6-10-14-24/h5-14,25-26H,3-4,15-22H2,1-2H3. The Hall–Kier alpha value is -3.10. The third kappa shape index (κ3) is 9.17. The van der Waals surface area contributed by atoms with Crippen molar-refractivity contribution in [3.8, 4) is 11.5 Å². The normalized spacial score (nSPS) is 16.1. The van der Waals surface area contributed by atoms with Gasteiger partial charge in [0.25, 0.3) is 0 Å². The molecule has 8 nitrogen and oxygen atoms in total. The topological polar surface area (TPSA) is 77.5 Å². The number of ether oxygens (including phenoxy) is 4. The summed E-state index contributed by atoms with van der Waals surface area (Å²) in [7, 11) is 0. The number of para-hydroxylation sites is 2. The summed E-state index contributed by atoms with van der Waals surface area (Å²) in [6.07, 6.45) is -0.0994. The lowest BCUT2D eigenvalue weighted by atomic mass is 10.2. The van der Waals surface area contributed by atoms with E-state index in [1.54, 1.807) is 0 Å². The Bertz CT molecular complexity index is 827. The smallest absolute Gasteiger partial charge is 0.347 e. The molecule has 0 N–H and O–H groups in total. The first kappa shape index (κ1) is 27.5. The van der Waals surface area contributed by atoms with Crippen molar-refractivity contribution < 1.29 is 28.5 Å². The number of benzene rings is 2. The van der Waals surface area contributed by atoms with Crippen LogP contribution in [0.3, 0.4) is 0 Å². The second-order valence-electron chi connectivity index (χ2n) is 8.67. The van der Waals surface area contributed by atoms with Gasteiger partial charge in [-0.1, -0.05) is 50.2 Å². The van der Waals surface area contributed by atoms with Crippen molar-refractivity contribution in [3.63, 3.8) is 0 Å². The Morgan fingerprint density at radius 2 is 1.03 bits per heavy atom. The Morgan fingerprint density at radius 1 is 0.667 bits per heavy atom. The van der Waals surface area contributed by atoms with Crippen LogP contribution in [-0.4, -0.2) is 86.4 Å². The van der Waals surface area contributed by atoms with Crippen molar-refractivity contribution in [2.45, 2.75) is 38.9 Å². The zero-order valence-electron chi connectivity index (χ0n) is 21.3. The van der Waals surface area contributed by atoms with Crippen molar-refractivity contribution >= 4 is 11.9 Å². The van der Waals surface area contributed by atoms with E-state index < -0.39 is 12.2 Å². The van der Waals surface area contributed by atoms with E-state index in [9.17, 15) is 9.59 Å². The van der Waals surface area contributed by atoms with E-state index in [4.69, 9.17) is 18.9 Å². The number of esters is 2. The third-order valence-electron chi connectivity index (χ3n) is 6.08. The molecule has 0 bridgehead atoms. The van der Waals surface area contributed by atoms with Crippen LogP contribution >= 0.6 is 0 Å². The van der Waals surface area contributed by atoms with Gasteiger partial charge in [0, 0.05) is 39.3 Å². The number of carbonyl (C=O) groups excluding carboxylic acids is 2. The first-order valence-corrected chi connectivity index (χ1v) is 12.8. The highest BCUT2D eigenvalue weighted by molar-refractivity contribution is 5.75. The van der Waals surface area contributed by atoms with Crippen molar-refractivity contribution in [3.05, 3.63) is 60.7 Å². The largest absolute Gasteiger partial charge is 0.479 e. The predicted octanol–water partition coefficient (Wildman–Crippen LogP) is 3.41. The molecule has 0 aliphatic carbocycles. The minimum absolute atomic E-state index is 0.330. The molecule has 2 atom stereocenters. The van der Waals surface area contributed by atoms with Gasteiger partial charge in [0.1, 0.15) is 24.7 Å². The molecule has 2 unspecified atom stereocenters. The minimum Gasteiger partial charge on any atom is -0.479 e. The average molecular weight is 499 g/mol. The highest BCUT2D eigenvalue weighted by Crippen LogP contribution is 2.14. The SMILES string of the molecule is CCC(Oc1ccccc1)C(=O)OCCN1CCN(CCOC(=O)C(CC)Oc2ccccc2)CC1. The van der Waals surface area contributed by atoms with E-state index in [0.29, 0.717) is 50.6 Å². The Labute approximate surface area is 214 Å². The van der Waals surface area contributed by atoms with Crippen LogP contribution in [0.5, 0.6) is 11.5 Å². The summed E-state index contributed by atoms with van der Waals surface area (Å²) in [5, 5.41) is 0. The number of hydrogen-bond donors (Lipinski definition) is 0. The van der Waals surface area contributed by atoms with Crippen LogP contribution < -0.4 is 9.47 Å². The fourth-order valence-electron chi connectivity index (χ4n) is 3.90. The molecule has 8 heteroatoms. The fraction of sp³-hybridized carbons (Fsp3) is 0.500. The molecule has 0 radical (unpaired) electrons. The van der Waals surface area contributed by atoms with Gasteiger partial charge < -0.3 is 18.9 Å². The average Bonchev–Trinajstić information content (AvgIpc) is 2.92. The maximum absolute atomic E-state index is 12.4. The lowest BCUT2D eigenvalue weighted by Gasteiger charge is -2.34. The lowest BCUT2D eigenvalue weighted by molar-refractivity contribution is -0.153. The predicted molar refractivity (Wildman–Crippen MR) is 137 cm³/mol. The number of nitrogens with zero attached hydrogens (tertiary/aromatic N) is 2. The molecule has 1 saturated heterocycles. The second kappa shape index (κ2) is 15.1. The number of rotatable bonds is 14. The van der Waals surface area contributed by atoms with Gasteiger partial charge >= 0.3 is 11.9 Å². The molecule has 0 amide bonds. The lowest BCUT2D eigenvalue weighted by Crippen LogP contribution is -2.48. The molecule has 0 saturated carbocycles. The summed E-state index contributed by atoms with van der Waals surface area (Å²) in [6.45, 7) is 9.35. The molecule has 1 fully saturated rings. The first-order valence-electron chi connectivity index (χ1n) is 12.8. The fourth-order valence-corrected chi connectivity index (χ4v) is 3.90. The first-order chi connectivity index (χ1) is 17.6. The van der Waals surface area contributed by atoms with Gasteiger partial charge in [-0.3, -0.25) is 9.80 Å². The maximum Gasteiger partial charge on any atom is 0.347 e. The van der Waals surface area contributed by atoms with Gasteiger partial charge in [0.05, 0.1) is 0 Å². The molecule has 2 aromatic carbocycles. The highest BCUT2D eigenvalue weighted by atomic mass is 16.6. The quantitative estimate of drug-likeness (QED) is 0.367. The summed E-state index contributed by atoms with van der Waals surface area (Å²) in [6, 6.07) is 18.6. The van der Waals surface area contributed by atoms with Gasteiger partial charge in [0.15, 0.2) is 12.2 Å². The highest BCUT2D eigenvalue weighted by Gasteiger charge is 2.23. The molecule has 1 aliphatic heterocycles. The van der Waals surface area contributed by atoms with E-state index in [0.717, 1.165) is 26.2 Å². The number of piperazine rings is 1. The molecular weight excluding hydrogens is 460 g/mol. The molecule has 2 aromatic rings. The van der Waals surface area contributed by atoms with E-state index in [-0.39, 0.29) is 11.9 Å². The summed E-state index contributed by atoms with van der Waals surface area (Å²) < 4.78 is 22.4. The Balaban J connectivity index is 1.28. The molecule has 0 aromatic heterocycles. The van der Waals surface area contributed by atoms with Crippen LogP contribution in [0, 0.1) is 0 Å². The number of carbonyl (C=O) groups is 2. The van der Waals surface area contributed by atoms with Crippen LogP contribution in [0.15, 0.2) is 60.7 Å². The van der Waals surface area contributed by atoms with E-state index in [1.165, 1.54) is 0 Å². The molecule has 1 aliphatic rings. The van der Waals surface area contributed by atoms with Crippen molar-refractivity contribution in [2.75, 3.05) is 52.5 Å².